The van der Waals surface area contributed by atoms with E-state index < -0.39 is 0 Å². The molecule has 0 aliphatic heterocycles. The van der Waals surface area contributed by atoms with Crippen molar-refractivity contribution >= 4 is 0 Å². The van der Waals surface area contributed by atoms with Gasteiger partial charge in [-0.05, 0) is 37.8 Å². The first-order valence-corrected chi connectivity index (χ1v) is 13.1. The molecule has 2 N–H and O–H groups in total. The molecule has 0 aromatic carbocycles. The molecule has 0 aliphatic carbocycles. The Balaban J connectivity index is 3.33. The summed E-state index contributed by atoms with van der Waals surface area (Å²) in [5.74, 6) is 0.172. The lowest BCUT2D eigenvalue weighted by Crippen LogP contribution is -2.03. The molecule has 1 unspecified atom stereocenters. The van der Waals surface area contributed by atoms with Gasteiger partial charge in [0.25, 0.3) is 0 Å². The molecule has 0 amide bonds. The van der Waals surface area contributed by atoms with Crippen LogP contribution >= 0.6 is 0 Å². The summed E-state index contributed by atoms with van der Waals surface area (Å²) in [6, 6.07) is 0. The molecular formula is C30H50O2. The van der Waals surface area contributed by atoms with Crippen LogP contribution in [0.25, 0.3) is 0 Å². The first kappa shape index (κ1) is 30.2. The van der Waals surface area contributed by atoms with Gasteiger partial charge in [0.1, 0.15) is 5.76 Å². The summed E-state index contributed by atoms with van der Waals surface area (Å²) in [5.41, 5.74) is 0. The van der Waals surface area contributed by atoms with Crippen molar-refractivity contribution in [2.75, 3.05) is 0 Å². The molecule has 0 fully saturated rings. The molecule has 0 rings (SSSR count). The maximum Gasteiger partial charge on any atom is 0.114 e. The topological polar surface area (TPSA) is 40.5 Å². The van der Waals surface area contributed by atoms with E-state index in [1.54, 1.807) is 12.2 Å². The number of rotatable bonds is 22. The second kappa shape index (κ2) is 25.5. The highest BCUT2D eigenvalue weighted by molar-refractivity contribution is 5.20. The normalized spacial score (nSPS) is 13.9. The third kappa shape index (κ3) is 24.5. The number of allylic oxidation sites excluding steroid dienone is 10. The standard InChI is InChI=1S/C30H50O2/c1-3-29(31)27-25-23-21-19-17-15-13-11-9-7-5-6-8-10-12-14-16-18-20-22-24-26-28-30(32)4-2/h3,11,13,15,17,19,21,23,25,27,30-32H,1,4-10,12,14,16,18,20,22,24,26,28H2,2H3/b13-11+,17-15+,21-19+,25-23+,29-27-. The van der Waals surface area contributed by atoms with Crippen molar-refractivity contribution in [3.63, 3.8) is 0 Å². The van der Waals surface area contributed by atoms with Gasteiger partial charge in [0.05, 0.1) is 6.10 Å². The van der Waals surface area contributed by atoms with Crippen LogP contribution in [0.4, 0.5) is 0 Å². The predicted molar refractivity (Wildman–Crippen MR) is 143 cm³/mol. The van der Waals surface area contributed by atoms with Crippen LogP contribution in [0.1, 0.15) is 110 Å². The highest BCUT2D eigenvalue weighted by Gasteiger charge is 1.99. The molecule has 0 radical (unpaired) electrons. The van der Waals surface area contributed by atoms with E-state index in [1.165, 1.54) is 89.5 Å². The van der Waals surface area contributed by atoms with E-state index in [2.05, 4.69) is 31.7 Å². The molecule has 32 heavy (non-hydrogen) atoms. The van der Waals surface area contributed by atoms with Gasteiger partial charge < -0.3 is 10.2 Å². The van der Waals surface area contributed by atoms with E-state index in [9.17, 15) is 10.2 Å². The summed E-state index contributed by atoms with van der Waals surface area (Å²) in [7, 11) is 0. The van der Waals surface area contributed by atoms with Crippen LogP contribution in [0.5, 0.6) is 0 Å². The van der Waals surface area contributed by atoms with E-state index >= 15 is 0 Å². The first-order valence-electron chi connectivity index (χ1n) is 13.1. The average Bonchev–Trinajstić information content (AvgIpc) is 2.81. The fourth-order valence-electron chi connectivity index (χ4n) is 3.51. The van der Waals surface area contributed by atoms with Crippen molar-refractivity contribution in [2.24, 2.45) is 0 Å². The van der Waals surface area contributed by atoms with Gasteiger partial charge in [0, 0.05) is 0 Å². The van der Waals surface area contributed by atoms with Crippen molar-refractivity contribution in [3.8, 4) is 0 Å². The predicted octanol–water partition coefficient (Wildman–Crippen LogP) is 9.46. The monoisotopic (exact) mass is 442 g/mol. The molecule has 1 atom stereocenters. The molecule has 0 saturated heterocycles. The maximum absolute atomic E-state index is 9.53. The van der Waals surface area contributed by atoms with Crippen LogP contribution in [0.15, 0.2) is 73.1 Å². The SMILES string of the molecule is C=C/C(O)=C/C=C/C=C/C=C/C=C/CCCCCCCCCCCCCCCC(O)CC. The zero-order chi connectivity index (χ0) is 23.5. The van der Waals surface area contributed by atoms with Crippen LogP contribution in [0, 0.1) is 0 Å². The van der Waals surface area contributed by atoms with Gasteiger partial charge in [0.2, 0.25) is 0 Å². The Morgan fingerprint density at radius 3 is 1.59 bits per heavy atom. The Kier molecular flexibility index (Phi) is 24.0. The van der Waals surface area contributed by atoms with E-state index in [1.807, 2.05) is 24.3 Å². The molecule has 0 aromatic heterocycles. The molecular weight excluding hydrogens is 392 g/mol. The molecule has 2 heteroatoms. The highest BCUT2D eigenvalue weighted by Crippen LogP contribution is 2.14. The van der Waals surface area contributed by atoms with Gasteiger partial charge in [-0.15, -0.1) is 0 Å². The average molecular weight is 443 g/mol. The number of aliphatic hydroxyl groups excluding tert-OH is 2. The van der Waals surface area contributed by atoms with Gasteiger partial charge in [-0.2, -0.15) is 0 Å². The van der Waals surface area contributed by atoms with E-state index in [0.717, 1.165) is 19.3 Å². The second-order valence-corrected chi connectivity index (χ2v) is 8.61. The van der Waals surface area contributed by atoms with Crippen LogP contribution < -0.4 is 0 Å². The van der Waals surface area contributed by atoms with Crippen molar-refractivity contribution in [1.29, 1.82) is 0 Å². The van der Waals surface area contributed by atoms with Crippen molar-refractivity contribution in [3.05, 3.63) is 73.1 Å². The minimum absolute atomic E-state index is 0.0707. The highest BCUT2D eigenvalue weighted by atomic mass is 16.3. The molecule has 0 aromatic rings. The summed E-state index contributed by atoms with van der Waals surface area (Å²) < 4.78 is 0. The Morgan fingerprint density at radius 1 is 0.656 bits per heavy atom. The zero-order valence-corrected chi connectivity index (χ0v) is 20.8. The van der Waals surface area contributed by atoms with Crippen LogP contribution in [0.2, 0.25) is 0 Å². The van der Waals surface area contributed by atoms with E-state index in [-0.39, 0.29) is 11.9 Å². The van der Waals surface area contributed by atoms with Gasteiger partial charge >= 0.3 is 0 Å². The number of aliphatic hydroxyl groups is 2. The lowest BCUT2D eigenvalue weighted by molar-refractivity contribution is 0.156. The van der Waals surface area contributed by atoms with Crippen LogP contribution in [-0.2, 0) is 0 Å². The third-order valence-corrected chi connectivity index (χ3v) is 5.66. The number of hydrogen-bond donors (Lipinski definition) is 2. The van der Waals surface area contributed by atoms with E-state index in [4.69, 9.17) is 0 Å². The summed E-state index contributed by atoms with van der Waals surface area (Å²) in [4.78, 5) is 0. The van der Waals surface area contributed by atoms with Crippen molar-refractivity contribution in [1.82, 2.24) is 0 Å². The molecule has 0 heterocycles. The minimum Gasteiger partial charge on any atom is -0.508 e. The smallest absolute Gasteiger partial charge is 0.114 e. The largest absolute Gasteiger partial charge is 0.508 e. The second-order valence-electron chi connectivity index (χ2n) is 8.61. The summed E-state index contributed by atoms with van der Waals surface area (Å²) in [6.07, 6.45) is 39.6. The molecule has 182 valence electrons. The minimum atomic E-state index is -0.0707. The third-order valence-electron chi connectivity index (χ3n) is 5.66. The van der Waals surface area contributed by atoms with Crippen LogP contribution in [0.3, 0.4) is 0 Å². The Labute approximate surface area is 199 Å². The Morgan fingerprint density at radius 2 is 1.09 bits per heavy atom. The molecule has 2 nitrogen and oxygen atoms in total. The maximum atomic E-state index is 9.53. The quantitative estimate of drug-likeness (QED) is 0.0995. The molecule has 0 spiro atoms. The van der Waals surface area contributed by atoms with Crippen molar-refractivity contribution in [2.45, 2.75) is 116 Å². The first-order chi connectivity index (χ1) is 15.7. The van der Waals surface area contributed by atoms with Gasteiger partial charge in [0.15, 0.2) is 0 Å². The Bertz CT molecular complexity index is 551. The summed E-state index contributed by atoms with van der Waals surface area (Å²) in [5, 5.41) is 18.7. The molecule has 0 saturated carbocycles. The Hall–Kier alpha value is -1.80. The fraction of sp³-hybridized carbons (Fsp3) is 0.600. The lowest BCUT2D eigenvalue weighted by Gasteiger charge is -2.06. The van der Waals surface area contributed by atoms with E-state index in [0.29, 0.717) is 0 Å². The van der Waals surface area contributed by atoms with Gasteiger partial charge in [-0.1, -0.05) is 139 Å². The number of hydrogen-bond acceptors (Lipinski definition) is 2. The number of unbranched alkanes of at least 4 members (excludes halogenated alkanes) is 13. The summed E-state index contributed by atoms with van der Waals surface area (Å²) in [6.45, 7) is 5.54. The van der Waals surface area contributed by atoms with Crippen molar-refractivity contribution < 1.29 is 10.2 Å². The summed E-state index contributed by atoms with van der Waals surface area (Å²) >= 11 is 0. The fourth-order valence-corrected chi connectivity index (χ4v) is 3.51. The van der Waals surface area contributed by atoms with Gasteiger partial charge in [-0.3, -0.25) is 0 Å². The van der Waals surface area contributed by atoms with Crippen LogP contribution in [-0.4, -0.2) is 16.3 Å². The molecule has 0 aliphatic rings. The zero-order valence-electron chi connectivity index (χ0n) is 20.8. The molecule has 0 bridgehead atoms. The van der Waals surface area contributed by atoms with Gasteiger partial charge in [-0.25, -0.2) is 0 Å². The lowest BCUT2D eigenvalue weighted by atomic mass is 10.0.